The molecule has 0 bridgehead atoms. The Morgan fingerprint density at radius 2 is 2.12 bits per heavy atom. The molecule has 0 saturated carbocycles. The molecule has 92 valence electrons. The highest BCUT2D eigenvalue weighted by atomic mass is 35.5. The van der Waals surface area contributed by atoms with Crippen molar-refractivity contribution in [3.63, 3.8) is 0 Å². The molecule has 1 amide bonds. The van der Waals surface area contributed by atoms with E-state index < -0.39 is 10.8 Å². The van der Waals surface area contributed by atoms with Crippen molar-refractivity contribution in [1.29, 1.82) is 0 Å². The molecule has 0 fully saturated rings. The molecule has 0 aliphatic heterocycles. The van der Waals surface area contributed by atoms with Crippen LogP contribution in [0.5, 0.6) is 0 Å². The molecule has 17 heavy (non-hydrogen) atoms. The third kappa shape index (κ3) is 2.91. The van der Waals surface area contributed by atoms with Crippen LogP contribution in [0.4, 0.5) is 5.69 Å². The maximum Gasteiger partial charge on any atom is 0.300 e. The van der Waals surface area contributed by atoms with E-state index in [0.29, 0.717) is 13.1 Å². The number of aromatic nitrogens is 1. The summed E-state index contributed by atoms with van der Waals surface area (Å²) in [6, 6.07) is 1.22. The quantitative estimate of drug-likeness (QED) is 0.470. The lowest BCUT2D eigenvalue weighted by Gasteiger charge is -2.18. The number of rotatable bonds is 4. The minimum Gasteiger partial charge on any atom is -0.339 e. The molecular weight excluding hydrogens is 246 g/mol. The molecule has 0 radical (unpaired) electrons. The summed E-state index contributed by atoms with van der Waals surface area (Å²) in [6.07, 6.45) is 0.999. The van der Waals surface area contributed by atoms with Gasteiger partial charge in [0.25, 0.3) is 11.6 Å². The number of carbonyl (C=O) groups is 1. The van der Waals surface area contributed by atoms with Gasteiger partial charge in [-0.25, -0.2) is 4.98 Å². The average molecular weight is 258 g/mol. The molecule has 6 nitrogen and oxygen atoms in total. The molecule has 1 aromatic heterocycles. The van der Waals surface area contributed by atoms with Gasteiger partial charge in [-0.05, 0) is 19.9 Å². The first kappa shape index (κ1) is 13.4. The topological polar surface area (TPSA) is 76.3 Å². The van der Waals surface area contributed by atoms with E-state index in [-0.39, 0.29) is 16.4 Å². The molecule has 7 heteroatoms. The Bertz CT molecular complexity index is 446. The van der Waals surface area contributed by atoms with E-state index in [1.807, 2.05) is 0 Å². The summed E-state index contributed by atoms with van der Waals surface area (Å²) >= 11 is 5.65. The first-order valence-corrected chi connectivity index (χ1v) is 5.48. The van der Waals surface area contributed by atoms with Gasteiger partial charge in [0.15, 0.2) is 0 Å². The van der Waals surface area contributed by atoms with E-state index in [0.717, 1.165) is 6.20 Å². The van der Waals surface area contributed by atoms with Gasteiger partial charge in [0.2, 0.25) is 0 Å². The first-order valence-electron chi connectivity index (χ1n) is 5.10. The molecule has 1 rings (SSSR count). The van der Waals surface area contributed by atoms with Crippen LogP contribution in [0.15, 0.2) is 12.3 Å². The number of hydrogen-bond acceptors (Lipinski definition) is 4. The van der Waals surface area contributed by atoms with Gasteiger partial charge < -0.3 is 4.90 Å². The normalized spacial score (nSPS) is 10.1. The lowest BCUT2D eigenvalue weighted by Crippen LogP contribution is -2.31. The zero-order chi connectivity index (χ0) is 13.0. The number of pyridine rings is 1. The molecule has 0 spiro atoms. The maximum atomic E-state index is 12.0. The van der Waals surface area contributed by atoms with Crippen LogP contribution in [0, 0.1) is 10.1 Å². The van der Waals surface area contributed by atoms with Crippen LogP contribution in [-0.2, 0) is 0 Å². The Morgan fingerprint density at radius 1 is 1.53 bits per heavy atom. The van der Waals surface area contributed by atoms with Gasteiger partial charge in [0.1, 0.15) is 16.9 Å². The zero-order valence-corrected chi connectivity index (χ0v) is 10.3. The second-order valence-corrected chi connectivity index (χ2v) is 3.65. The molecule has 1 aromatic rings. The second kappa shape index (κ2) is 5.58. The number of nitro groups is 1. The minimum atomic E-state index is -0.639. The molecule has 1 heterocycles. The molecule has 0 atom stereocenters. The summed E-state index contributed by atoms with van der Waals surface area (Å²) in [7, 11) is 0. The third-order valence-electron chi connectivity index (χ3n) is 2.33. The van der Waals surface area contributed by atoms with Gasteiger partial charge in [0.05, 0.1) is 4.92 Å². The largest absolute Gasteiger partial charge is 0.339 e. The Kier molecular flexibility index (Phi) is 4.39. The van der Waals surface area contributed by atoms with E-state index in [4.69, 9.17) is 11.6 Å². The first-order chi connectivity index (χ1) is 8.01. The van der Waals surface area contributed by atoms with E-state index in [1.165, 1.54) is 11.0 Å². The van der Waals surface area contributed by atoms with Crippen molar-refractivity contribution in [2.75, 3.05) is 13.1 Å². The zero-order valence-electron chi connectivity index (χ0n) is 9.51. The molecule has 0 aromatic carbocycles. The van der Waals surface area contributed by atoms with Crippen LogP contribution < -0.4 is 0 Å². The van der Waals surface area contributed by atoms with Crippen LogP contribution in [-0.4, -0.2) is 33.8 Å². The maximum absolute atomic E-state index is 12.0. The third-order valence-corrected chi connectivity index (χ3v) is 2.53. The smallest absolute Gasteiger partial charge is 0.300 e. The highest BCUT2D eigenvalue weighted by Crippen LogP contribution is 2.21. The number of nitrogens with zero attached hydrogens (tertiary/aromatic N) is 3. The predicted octanol–water partition coefficient (Wildman–Crippen LogP) is 2.13. The van der Waals surface area contributed by atoms with Crippen LogP contribution in [0.2, 0.25) is 5.15 Å². The summed E-state index contributed by atoms with van der Waals surface area (Å²) in [5, 5.41) is 10.8. The highest BCUT2D eigenvalue weighted by molar-refractivity contribution is 6.29. The van der Waals surface area contributed by atoms with Gasteiger partial charge in [0, 0.05) is 13.1 Å². The second-order valence-electron chi connectivity index (χ2n) is 3.26. The van der Waals surface area contributed by atoms with Gasteiger partial charge in [-0.3, -0.25) is 14.9 Å². The number of hydrogen-bond donors (Lipinski definition) is 0. The summed E-state index contributed by atoms with van der Waals surface area (Å²) < 4.78 is 0. The fraction of sp³-hybridized carbons (Fsp3) is 0.400. The van der Waals surface area contributed by atoms with Gasteiger partial charge in [-0.15, -0.1) is 0 Å². The van der Waals surface area contributed by atoms with E-state index in [2.05, 4.69) is 4.98 Å². The van der Waals surface area contributed by atoms with Crippen molar-refractivity contribution in [3.8, 4) is 0 Å². The number of halogens is 1. The molecule has 0 unspecified atom stereocenters. The Morgan fingerprint density at radius 3 is 2.59 bits per heavy atom. The van der Waals surface area contributed by atoms with Crippen LogP contribution in [0.25, 0.3) is 0 Å². The predicted molar refractivity (Wildman–Crippen MR) is 63.2 cm³/mol. The summed E-state index contributed by atoms with van der Waals surface area (Å²) in [4.78, 5) is 27.3. The van der Waals surface area contributed by atoms with E-state index in [9.17, 15) is 14.9 Å². The van der Waals surface area contributed by atoms with Gasteiger partial charge in [-0.1, -0.05) is 11.6 Å². The molecule has 0 aliphatic rings. The lowest BCUT2D eigenvalue weighted by molar-refractivity contribution is -0.385. The highest BCUT2D eigenvalue weighted by Gasteiger charge is 2.24. The van der Waals surface area contributed by atoms with Crippen molar-refractivity contribution in [3.05, 3.63) is 33.1 Å². The fourth-order valence-electron chi connectivity index (χ4n) is 1.42. The molecule has 0 N–H and O–H groups in total. The van der Waals surface area contributed by atoms with Crippen LogP contribution in [0.1, 0.15) is 24.2 Å². The van der Waals surface area contributed by atoms with Crippen molar-refractivity contribution >= 4 is 23.2 Å². The van der Waals surface area contributed by atoms with Crippen molar-refractivity contribution in [1.82, 2.24) is 9.88 Å². The van der Waals surface area contributed by atoms with E-state index >= 15 is 0 Å². The molecule has 0 saturated heterocycles. The summed E-state index contributed by atoms with van der Waals surface area (Å²) in [6.45, 7) is 4.56. The minimum absolute atomic E-state index is 0.0290. The van der Waals surface area contributed by atoms with E-state index in [1.54, 1.807) is 13.8 Å². The Hall–Kier alpha value is -1.69. The summed E-state index contributed by atoms with van der Waals surface area (Å²) in [5.74, 6) is -0.411. The Balaban J connectivity index is 3.23. The molecular formula is C10H12ClN3O3. The standard InChI is InChI=1S/C10H12ClN3O3/c1-3-13(4-2)10(15)7-5-9(11)12-6-8(7)14(16)17/h5-6H,3-4H2,1-2H3. The fourth-order valence-corrected chi connectivity index (χ4v) is 1.58. The van der Waals surface area contributed by atoms with Gasteiger partial charge >= 0.3 is 0 Å². The van der Waals surface area contributed by atoms with Crippen molar-refractivity contribution < 1.29 is 9.72 Å². The Labute approximate surface area is 103 Å². The molecule has 0 aliphatic carbocycles. The van der Waals surface area contributed by atoms with Crippen molar-refractivity contribution in [2.45, 2.75) is 13.8 Å². The van der Waals surface area contributed by atoms with Crippen molar-refractivity contribution in [2.24, 2.45) is 0 Å². The van der Waals surface area contributed by atoms with Crippen LogP contribution >= 0.6 is 11.6 Å². The lowest BCUT2D eigenvalue weighted by atomic mass is 10.2. The van der Waals surface area contributed by atoms with Gasteiger partial charge in [-0.2, -0.15) is 0 Å². The SMILES string of the molecule is CCN(CC)C(=O)c1cc(Cl)ncc1[N+](=O)[O-]. The van der Waals surface area contributed by atoms with Crippen LogP contribution in [0.3, 0.4) is 0 Å². The average Bonchev–Trinajstić information content (AvgIpc) is 2.29. The summed E-state index contributed by atoms with van der Waals surface area (Å²) in [5.41, 5.74) is -0.356. The monoisotopic (exact) mass is 257 g/mol. The number of carbonyl (C=O) groups excluding carboxylic acids is 1. The number of amides is 1.